The smallest absolute Gasteiger partial charge is 0.253 e. The van der Waals surface area contributed by atoms with Crippen LogP contribution in [0, 0.1) is 5.92 Å². The number of ether oxygens (including phenoxy) is 2. The predicted molar refractivity (Wildman–Crippen MR) is 115 cm³/mol. The van der Waals surface area contributed by atoms with Gasteiger partial charge in [-0.2, -0.15) is 0 Å². The van der Waals surface area contributed by atoms with Crippen LogP contribution in [0.2, 0.25) is 0 Å². The van der Waals surface area contributed by atoms with Gasteiger partial charge in [0, 0.05) is 63.7 Å². The fraction of sp³-hybridized carbons (Fsp3) is 0.500. The van der Waals surface area contributed by atoms with Crippen molar-refractivity contribution >= 4 is 5.91 Å². The fourth-order valence-electron chi connectivity index (χ4n) is 4.40. The predicted octanol–water partition coefficient (Wildman–Crippen LogP) is 3.23. The molecule has 2 saturated heterocycles. The van der Waals surface area contributed by atoms with Crippen LogP contribution in [-0.2, 0) is 11.3 Å². The number of piperidine rings is 1. The van der Waals surface area contributed by atoms with Gasteiger partial charge in [0.1, 0.15) is 11.9 Å². The van der Waals surface area contributed by atoms with Crippen LogP contribution >= 0.6 is 0 Å². The molecule has 2 aliphatic heterocycles. The second-order valence-corrected chi connectivity index (χ2v) is 8.34. The number of carbonyl (C=O) groups excluding carboxylic acids is 1. The molecule has 2 aromatic rings. The molecule has 0 bridgehead atoms. The molecule has 0 saturated carbocycles. The summed E-state index contributed by atoms with van der Waals surface area (Å²) < 4.78 is 11.5. The van der Waals surface area contributed by atoms with Crippen LogP contribution in [0.25, 0.3) is 0 Å². The quantitative estimate of drug-likeness (QED) is 0.703. The zero-order valence-corrected chi connectivity index (χ0v) is 17.7. The lowest BCUT2D eigenvalue weighted by Gasteiger charge is -2.32. The minimum absolute atomic E-state index is 0.0891. The molecule has 3 heterocycles. The van der Waals surface area contributed by atoms with E-state index in [1.54, 1.807) is 7.11 Å². The van der Waals surface area contributed by atoms with Gasteiger partial charge in [0.2, 0.25) is 0 Å². The molecule has 0 radical (unpaired) electrons. The Bertz CT molecular complexity index is 821. The molecule has 2 fully saturated rings. The molecule has 30 heavy (non-hydrogen) atoms. The SMILES string of the molecule is COC[C@H]1CCN(C(=O)c2cccc(OC3CCN(Cc4ccncc4)CC3)c2)C1. The van der Waals surface area contributed by atoms with E-state index in [1.165, 1.54) is 5.56 Å². The summed E-state index contributed by atoms with van der Waals surface area (Å²) in [5.74, 6) is 1.32. The first-order chi connectivity index (χ1) is 14.7. The highest BCUT2D eigenvalue weighted by Gasteiger charge is 2.27. The number of carbonyl (C=O) groups is 1. The van der Waals surface area contributed by atoms with E-state index in [-0.39, 0.29) is 12.0 Å². The van der Waals surface area contributed by atoms with E-state index in [2.05, 4.69) is 22.0 Å². The Balaban J connectivity index is 1.28. The molecule has 0 N–H and O–H groups in total. The van der Waals surface area contributed by atoms with Crippen LogP contribution in [0.15, 0.2) is 48.8 Å². The van der Waals surface area contributed by atoms with Crippen molar-refractivity contribution < 1.29 is 14.3 Å². The molecule has 1 aromatic carbocycles. The molecule has 1 aromatic heterocycles. The molecule has 6 nitrogen and oxygen atoms in total. The van der Waals surface area contributed by atoms with Gasteiger partial charge >= 0.3 is 0 Å². The van der Waals surface area contributed by atoms with Gasteiger partial charge in [-0.05, 0) is 55.2 Å². The lowest BCUT2D eigenvalue weighted by atomic mass is 10.1. The zero-order chi connectivity index (χ0) is 20.8. The normalized spacial score (nSPS) is 20.4. The molecular weight excluding hydrogens is 378 g/mol. The number of hydrogen-bond acceptors (Lipinski definition) is 5. The maximum absolute atomic E-state index is 12.9. The van der Waals surface area contributed by atoms with Gasteiger partial charge < -0.3 is 14.4 Å². The highest BCUT2D eigenvalue weighted by Crippen LogP contribution is 2.24. The molecule has 1 atom stereocenters. The van der Waals surface area contributed by atoms with Gasteiger partial charge in [-0.3, -0.25) is 14.7 Å². The molecule has 0 spiro atoms. The van der Waals surface area contributed by atoms with E-state index >= 15 is 0 Å². The van der Waals surface area contributed by atoms with Crippen molar-refractivity contribution in [1.29, 1.82) is 0 Å². The summed E-state index contributed by atoms with van der Waals surface area (Å²) in [5.41, 5.74) is 2.01. The molecule has 2 aliphatic rings. The summed E-state index contributed by atoms with van der Waals surface area (Å²) in [6.45, 7) is 5.27. The Kier molecular flexibility index (Phi) is 6.97. The number of aromatic nitrogens is 1. The molecule has 0 unspecified atom stereocenters. The van der Waals surface area contributed by atoms with E-state index in [0.29, 0.717) is 18.1 Å². The molecular formula is C24H31N3O3. The van der Waals surface area contributed by atoms with Gasteiger partial charge in [0.25, 0.3) is 5.91 Å². The maximum atomic E-state index is 12.9. The van der Waals surface area contributed by atoms with Gasteiger partial charge in [0.15, 0.2) is 0 Å². The lowest BCUT2D eigenvalue weighted by molar-refractivity contribution is 0.0772. The van der Waals surface area contributed by atoms with E-state index in [0.717, 1.165) is 57.7 Å². The summed E-state index contributed by atoms with van der Waals surface area (Å²) in [5, 5.41) is 0. The van der Waals surface area contributed by atoms with Gasteiger partial charge in [-0.25, -0.2) is 0 Å². The van der Waals surface area contributed by atoms with Crippen molar-refractivity contribution in [1.82, 2.24) is 14.8 Å². The minimum atomic E-state index is 0.0891. The van der Waals surface area contributed by atoms with Crippen molar-refractivity contribution in [2.24, 2.45) is 5.92 Å². The molecule has 1 amide bonds. The Hall–Kier alpha value is -2.44. The second-order valence-electron chi connectivity index (χ2n) is 8.34. The third-order valence-corrected chi connectivity index (χ3v) is 6.05. The Morgan fingerprint density at radius 1 is 1.10 bits per heavy atom. The Morgan fingerprint density at radius 2 is 1.90 bits per heavy atom. The van der Waals surface area contributed by atoms with Crippen molar-refractivity contribution in [3.05, 3.63) is 59.9 Å². The number of likely N-dealkylation sites (tertiary alicyclic amines) is 2. The fourth-order valence-corrected chi connectivity index (χ4v) is 4.40. The standard InChI is InChI=1S/C24H31N3O3/c1-29-18-20-7-14-27(17-20)24(28)21-3-2-4-23(15-21)30-22-8-12-26(13-9-22)16-19-5-10-25-11-6-19/h2-6,10-11,15,20,22H,7-9,12-14,16-18H2,1H3/t20-/m0/s1. The Morgan fingerprint density at radius 3 is 2.67 bits per heavy atom. The highest BCUT2D eigenvalue weighted by molar-refractivity contribution is 5.94. The third-order valence-electron chi connectivity index (χ3n) is 6.05. The maximum Gasteiger partial charge on any atom is 0.253 e. The number of pyridine rings is 1. The number of benzene rings is 1. The van der Waals surface area contributed by atoms with Crippen LogP contribution < -0.4 is 4.74 Å². The minimum Gasteiger partial charge on any atom is -0.490 e. The van der Waals surface area contributed by atoms with Crippen molar-refractivity contribution in [2.75, 3.05) is 39.9 Å². The van der Waals surface area contributed by atoms with E-state index in [9.17, 15) is 4.79 Å². The van der Waals surface area contributed by atoms with Crippen LogP contribution in [0.5, 0.6) is 5.75 Å². The molecule has 6 heteroatoms. The van der Waals surface area contributed by atoms with Gasteiger partial charge in [-0.1, -0.05) is 6.07 Å². The third kappa shape index (κ3) is 5.37. The highest BCUT2D eigenvalue weighted by atomic mass is 16.5. The summed E-state index contributed by atoms with van der Waals surface area (Å²) in [6.07, 6.45) is 6.89. The van der Waals surface area contributed by atoms with E-state index in [4.69, 9.17) is 9.47 Å². The first kappa shape index (κ1) is 20.8. The van der Waals surface area contributed by atoms with Crippen molar-refractivity contribution in [3.8, 4) is 5.75 Å². The second kappa shape index (κ2) is 10.0. The van der Waals surface area contributed by atoms with E-state index in [1.807, 2.05) is 41.6 Å². The van der Waals surface area contributed by atoms with Crippen LogP contribution in [-0.4, -0.2) is 66.7 Å². The summed E-state index contributed by atoms with van der Waals surface area (Å²) in [7, 11) is 1.72. The number of amides is 1. The number of hydrogen-bond donors (Lipinski definition) is 0. The average Bonchev–Trinajstić information content (AvgIpc) is 3.24. The molecule has 160 valence electrons. The van der Waals surface area contributed by atoms with Gasteiger partial charge in [0.05, 0.1) is 6.61 Å². The van der Waals surface area contributed by atoms with E-state index < -0.39 is 0 Å². The monoisotopic (exact) mass is 409 g/mol. The summed E-state index contributed by atoms with van der Waals surface area (Å²) in [4.78, 5) is 21.3. The van der Waals surface area contributed by atoms with Crippen LogP contribution in [0.3, 0.4) is 0 Å². The number of methoxy groups -OCH3 is 1. The summed E-state index contributed by atoms with van der Waals surface area (Å²) in [6, 6.07) is 11.8. The average molecular weight is 410 g/mol. The lowest BCUT2D eigenvalue weighted by Crippen LogP contribution is -2.37. The zero-order valence-electron chi connectivity index (χ0n) is 17.7. The first-order valence-electron chi connectivity index (χ1n) is 10.9. The largest absolute Gasteiger partial charge is 0.490 e. The first-order valence-corrected chi connectivity index (χ1v) is 10.9. The van der Waals surface area contributed by atoms with Crippen LogP contribution in [0.1, 0.15) is 35.2 Å². The molecule has 4 rings (SSSR count). The van der Waals surface area contributed by atoms with Gasteiger partial charge in [-0.15, -0.1) is 0 Å². The molecule has 0 aliphatic carbocycles. The number of rotatable bonds is 7. The number of nitrogens with zero attached hydrogens (tertiary/aromatic N) is 3. The van der Waals surface area contributed by atoms with Crippen LogP contribution in [0.4, 0.5) is 0 Å². The Labute approximate surface area is 178 Å². The van der Waals surface area contributed by atoms with Crippen molar-refractivity contribution in [3.63, 3.8) is 0 Å². The summed E-state index contributed by atoms with van der Waals surface area (Å²) >= 11 is 0. The topological polar surface area (TPSA) is 54.9 Å². The van der Waals surface area contributed by atoms with Crippen molar-refractivity contribution in [2.45, 2.75) is 31.9 Å².